The van der Waals surface area contributed by atoms with E-state index in [1.54, 1.807) is 12.4 Å². The van der Waals surface area contributed by atoms with Gasteiger partial charge in [0, 0.05) is 25.5 Å². The smallest absolute Gasteiger partial charge is 0.373 e. The zero-order valence-electron chi connectivity index (χ0n) is 12.5. The van der Waals surface area contributed by atoms with Gasteiger partial charge in [-0.3, -0.25) is 19.8 Å². The fourth-order valence-corrected chi connectivity index (χ4v) is 1.04. The predicted octanol–water partition coefficient (Wildman–Crippen LogP) is 2.81. The van der Waals surface area contributed by atoms with E-state index in [-0.39, 0.29) is 19.5 Å². The molecule has 0 bridgehead atoms. The van der Waals surface area contributed by atoms with Gasteiger partial charge in [0.05, 0.1) is 11.4 Å². The van der Waals surface area contributed by atoms with Gasteiger partial charge in [-0.05, 0) is 24.3 Å². The first-order valence-corrected chi connectivity index (χ1v) is 5.86. The standard InChI is InChI=1S/2C6H8N2.2N3.Zn/c2*7-5-6-3-1-2-4-8-6;2*1-3-2;/h2*1-4H,5,7H2;;;/q;;2*-1;+2. The average molecular weight is 366 g/mol. The molecule has 2 rings (SSSR count). The summed E-state index contributed by atoms with van der Waals surface area (Å²) in [6, 6.07) is 11.4. The topological polar surface area (TPSA) is 195 Å². The van der Waals surface area contributed by atoms with Crippen LogP contribution in [0.4, 0.5) is 0 Å². The molecule has 0 atom stereocenters. The molecule has 2 aromatic rings. The molecule has 0 saturated heterocycles. The number of nitrogens with two attached hydrogens (primary N) is 2. The molecule has 10 nitrogen and oxygen atoms in total. The van der Waals surface area contributed by atoms with Gasteiger partial charge in [-0.25, -0.2) is 0 Å². The normalized spacial score (nSPS) is 7.04. The van der Waals surface area contributed by atoms with Crippen molar-refractivity contribution < 1.29 is 19.5 Å². The summed E-state index contributed by atoms with van der Waals surface area (Å²) in [5.74, 6) is 0. The number of nitrogens with zero attached hydrogens (tertiary/aromatic N) is 8. The first kappa shape index (κ1) is 25.4. The summed E-state index contributed by atoms with van der Waals surface area (Å²) in [4.78, 5) is 10.9. The Labute approximate surface area is 146 Å². The molecule has 2 heterocycles. The zero-order valence-corrected chi connectivity index (χ0v) is 15.4. The van der Waals surface area contributed by atoms with Crippen LogP contribution in [0.5, 0.6) is 0 Å². The molecule has 0 spiro atoms. The quantitative estimate of drug-likeness (QED) is 0.357. The number of hydrogen-bond acceptors (Lipinski definition) is 4. The van der Waals surface area contributed by atoms with Crippen molar-refractivity contribution in [3.8, 4) is 0 Å². The van der Waals surface area contributed by atoms with Crippen LogP contribution >= 0.6 is 0 Å². The minimum Gasteiger partial charge on any atom is -0.373 e. The van der Waals surface area contributed by atoms with Gasteiger partial charge >= 0.3 is 19.5 Å². The summed E-state index contributed by atoms with van der Waals surface area (Å²) in [5, 5.41) is 0. The molecule has 0 aliphatic carbocycles. The van der Waals surface area contributed by atoms with Crippen LogP contribution < -0.4 is 11.5 Å². The van der Waals surface area contributed by atoms with E-state index in [1.807, 2.05) is 36.4 Å². The Balaban J connectivity index is -0.000000253. The summed E-state index contributed by atoms with van der Waals surface area (Å²) in [7, 11) is 0. The molecule has 0 radical (unpaired) electrons. The van der Waals surface area contributed by atoms with Gasteiger partial charge in [0.1, 0.15) is 0 Å². The molecule has 11 heteroatoms. The van der Waals surface area contributed by atoms with Gasteiger partial charge in [0.15, 0.2) is 0 Å². The second-order valence-electron chi connectivity index (χ2n) is 3.23. The van der Waals surface area contributed by atoms with Crippen LogP contribution in [-0.2, 0) is 32.6 Å². The Morgan fingerprint density at radius 2 is 1.04 bits per heavy atom. The third kappa shape index (κ3) is 19.5. The van der Waals surface area contributed by atoms with Crippen molar-refractivity contribution in [3.63, 3.8) is 0 Å². The first-order chi connectivity index (χ1) is 10.7. The van der Waals surface area contributed by atoms with Gasteiger partial charge in [0.25, 0.3) is 0 Å². The van der Waals surface area contributed by atoms with Crippen LogP contribution in [0, 0.1) is 0 Å². The van der Waals surface area contributed by atoms with Crippen LogP contribution in [0.1, 0.15) is 11.4 Å². The van der Waals surface area contributed by atoms with E-state index < -0.39 is 0 Å². The van der Waals surface area contributed by atoms with E-state index in [0.717, 1.165) is 11.4 Å². The van der Waals surface area contributed by atoms with Crippen molar-refractivity contribution in [1.82, 2.24) is 9.97 Å². The van der Waals surface area contributed by atoms with E-state index in [1.165, 1.54) is 9.82 Å². The van der Waals surface area contributed by atoms with Crippen LogP contribution in [0.2, 0.25) is 0 Å². The van der Waals surface area contributed by atoms with Crippen LogP contribution in [0.3, 0.4) is 0 Å². The van der Waals surface area contributed by atoms with Gasteiger partial charge in [0.2, 0.25) is 0 Å². The largest absolute Gasteiger partial charge is 2.00 e. The van der Waals surface area contributed by atoms with E-state index in [2.05, 4.69) is 9.97 Å². The maximum atomic E-state index is 6.75. The van der Waals surface area contributed by atoms with Gasteiger partial charge in [-0.2, -0.15) is 0 Å². The summed E-state index contributed by atoms with van der Waals surface area (Å²) in [6.07, 6.45) is 3.48. The van der Waals surface area contributed by atoms with Crippen LogP contribution in [-0.4, -0.2) is 9.97 Å². The molecule has 2 aromatic heterocycles. The minimum atomic E-state index is 0. The first-order valence-electron chi connectivity index (χ1n) is 5.86. The van der Waals surface area contributed by atoms with Crippen molar-refractivity contribution in [2.75, 3.05) is 0 Å². The predicted molar refractivity (Wildman–Crippen MR) is 84.4 cm³/mol. The molecule has 0 aliphatic rings. The molecular formula is C12H16N10Zn. The third-order valence-corrected chi connectivity index (χ3v) is 1.87. The molecule has 0 saturated carbocycles. The SMILES string of the molecule is NCc1ccccn1.NCc1ccccn1.[N-]=[N+]=[N-].[N-]=[N+]=[N-].[Zn+2]. The number of rotatable bonds is 2. The Morgan fingerprint density at radius 3 is 1.17 bits per heavy atom. The third-order valence-electron chi connectivity index (χ3n) is 1.87. The molecule has 0 aliphatic heterocycles. The summed E-state index contributed by atoms with van der Waals surface area (Å²) in [5.41, 5.74) is 39.4. The maximum absolute atomic E-state index is 6.75. The van der Waals surface area contributed by atoms with Crippen LogP contribution in [0.25, 0.3) is 31.9 Å². The fourth-order valence-electron chi connectivity index (χ4n) is 1.04. The molecule has 116 valence electrons. The molecule has 0 unspecified atom stereocenters. The van der Waals surface area contributed by atoms with Crippen LogP contribution in [0.15, 0.2) is 48.8 Å². The monoisotopic (exact) mass is 364 g/mol. The van der Waals surface area contributed by atoms with Crippen molar-refractivity contribution in [1.29, 1.82) is 0 Å². The fraction of sp³-hybridized carbons (Fsp3) is 0.167. The van der Waals surface area contributed by atoms with Crippen molar-refractivity contribution in [3.05, 3.63) is 92.1 Å². The van der Waals surface area contributed by atoms with Crippen molar-refractivity contribution in [2.24, 2.45) is 11.5 Å². The molecular weight excluding hydrogens is 350 g/mol. The van der Waals surface area contributed by atoms with Crippen molar-refractivity contribution in [2.45, 2.75) is 13.1 Å². The summed E-state index contributed by atoms with van der Waals surface area (Å²) < 4.78 is 0. The zero-order chi connectivity index (χ0) is 17.1. The summed E-state index contributed by atoms with van der Waals surface area (Å²) in [6.45, 7) is 1.06. The van der Waals surface area contributed by atoms with Gasteiger partial charge in [-0.15, -0.1) is 0 Å². The number of pyridine rings is 2. The number of hydrogen-bond donors (Lipinski definition) is 2. The number of aromatic nitrogens is 2. The molecule has 0 amide bonds. The summed E-state index contributed by atoms with van der Waals surface area (Å²) >= 11 is 0. The Kier molecular flexibility index (Phi) is 24.0. The molecule has 23 heavy (non-hydrogen) atoms. The molecule has 0 fully saturated rings. The second-order valence-corrected chi connectivity index (χ2v) is 3.23. The Bertz CT molecular complexity index is 485. The van der Waals surface area contributed by atoms with Gasteiger partial charge in [-0.1, -0.05) is 12.1 Å². The second kappa shape index (κ2) is 21.8. The van der Waals surface area contributed by atoms with E-state index in [0.29, 0.717) is 13.1 Å². The maximum Gasteiger partial charge on any atom is 2.00 e. The van der Waals surface area contributed by atoms with Crippen molar-refractivity contribution >= 4 is 0 Å². The average Bonchev–Trinajstić information content (AvgIpc) is 2.58. The van der Waals surface area contributed by atoms with E-state index in [9.17, 15) is 0 Å². The van der Waals surface area contributed by atoms with E-state index in [4.69, 9.17) is 33.6 Å². The Hall–Kier alpha value is -2.54. The van der Waals surface area contributed by atoms with E-state index >= 15 is 0 Å². The van der Waals surface area contributed by atoms with Gasteiger partial charge < -0.3 is 33.6 Å². The molecule has 0 aromatic carbocycles. The minimum absolute atomic E-state index is 0. The Morgan fingerprint density at radius 1 is 0.739 bits per heavy atom. The molecule has 4 N–H and O–H groups in total.